The zero-order valence-corrected chi connectivity index (χ0v) is 20.4. The molecule has 0 aliphatic rings. The lowest BCUT2D eigenvalue weighted by Gasteiger charge is -2.25. The summed E-state index contributed by atoms with van der Waals surface area (Å²) in [5, 5.41) is 4.00. The van der Waals surface area contributed by atoms with Crippen LogP contribution in [-0.4, -0.2) is 13.1 Å². The molecule has 4 rings (SSSR count). The minimum absolute atomic E-state index is 0.00681. The second-order valence-corrected chi connectivity index (χ2v) is 9.81. The van der Waals surface area contributed by atoms with Crippen molar-refractivity contribution in [1.29, 1.82) is 0 Å². The molecule has 0 fully saturated rings. The molecule has 4 heteroatoms. The van der Waals surface area contributed by atoms with E-state index in [1.807, 2.05) is 70.3 Å². The number of rotatable bonds is 8. The van der Waals surface area contributed by atoms with Gasteiger partial charge in [0.05, 0.1) is 11.6 Å². The molecule has 0 saturated heterocycles. The Labute approximate surface area is 201 Å². The summed E-state index contributed by atoms with van der Waals surface area (Å²) >= 11 is 0. The Morgan fingerprint density at radius 2 is 1.62 bits per heavy atom. The maximum absolute atomic E-state index is 13.2. The first-order valence-corrected chi connectivity index (χ1v) is 11.8. The van der Waals surface area contributed by atoms with Gasteiger partial charge in [0.1, 0.15) is 17.4 Å². The Bertz CT molecular complexity index is 1270. The number of fused-ring (bicyclic) bond motifs is 1. The topological polar surface area (TPSA) is 51.5 Å². The van der Waals surface area contributed by atoms with Crippen molar-refractivity contribution in [3.8, 4) is 5.75 Å². The van der Waals surface area contributed by atoms with Crippen LogP contribution in [0.3, 0.4) is 0 Å². The molecule has 34 heavy (non-hydrogen) atoms. The highest BCUT2D eigenvalue weighted by Crippen LogP contribution is 2.30. The summed E-state index contributed by atoms with van der Waals surface area (Å²) in [7, 11) is 1.99. The minimum atomic E-state index is -0.296. The van der Waals surface area contributed by atoms with Gasteiger partial charge in [-0.2, -0.15) is 0 Å². The van der Waals surface area contributed by atoms with Crippen molar-refractivity contribution in [3.05, 3.63) is 112 Å². The van der Waals surface area contributed by atoms with Crippen LogP contribution >= 0.6 is 0 Å². The Hall–Kier alpha value is -3.37. The lowest BCUT2D eigenvalue weighted by molar-refractivity contribution is 0.179. The van der Waals surface area contributed by atoms with Crippen LogP contribution in [0.4, 0.5) is 0 Å². The summed E-state index contributed by atoms with van der Waals surface area (Å²) in [6, 6.07) is 26.5. The van der Waals surface area contributed by atoms with Gasteiger partial charge in [-0.3, -0.25) is 4.79 Å². The molecule has 4 aromatic rings. The number of ether oxygens (including phenoxy) is 1. The Morgan fingerprint density at radius 3 is 2.26 bits per heavy atom. The molecular formula is C30H33NO3. The van der Waals surface area contributed by atoms with E-state index >= 15 is 0 Å². The molecule has 0 radical (unpaired) electrons. The molecule has 3 aromatic carbocycles. The van der Waals surface area contributed by atoms with Gasteiger partial charge in [0.15, 0.2) is 5.43 Å². The molecule has 1 heterocycles. The smallest absolute Gasteiger partial charge is 0.196 e. The number of benzene rings is 3. The molecule has 0 saturated carbocycles. The molecule has 176 valence electrons. The van der Waals surface area contributed by atoms with Gasteiger partial charge in [-0.1, -0.05) is 81.4 Å². The first-order chi connectivity index (χ1) is 16.3. The first kappa shape index (κ1) is 23.8. The fourth-order valence-corrected chi connectivity index (χ4v) is 4.25. The Balaban J connectivity index is 1.65. The highest BCUT2D eigenvalue weighted by Gasteiger charge is 2.22. The predicted molar refractivity (Wildman–Crippen MR) is 139 cm³/mol. The van der Waals surface area contributed by atoms with Crippen LogP contribution in [0.25, 0.3) is 11.0 Å². The number of likely N-dealkylation sites (N-methyl/N-ethyl adjacent to an activating group) is 1. The quantitative estimate of drug-likeness (QED) is 0.333. The second-order valence-electron chi connectivity index (χ2n) is 9.81. The molecule has 1 N–H and O–H groups in total. The van der Waals surface area contributed by atoms with Crippen molar-refractivity contribution in [3.63, 3.8) is 0 Å². The zero-order valence-electron chi connectivity index (χ0n) is 20.4. The highest BCUT2D eigenvalue weighted by atomic mass is 16.5. The standard InChI is InChI=1S/C30H33NO3/c1-30(2,3)26-20-33-27-16-15-24(19-25(27)29(26)32)34-28(22-13-9-6-10-14-22)18-23(31-4)17-21-11-7-5-8-12-21/h5-16,19-20,23,28,31H,17-18H2,1-4H3. The third-order valence-corrected chi connectivity index (χ3v) is 6.23. The van der Waals surface area contributed by atoms with Crippen molar-refractivity contribution in [2.45, 2.75) is 51.2 Å². The van der Waals surface area contributed by atoms with E-state index in [1.54, 1.807) is 6.26 Å². The monoisotopic (exact) mass is 455 g/mol. The summed E-state index contributed by atoms with van der Waals surface area (Å²) < 4.78 is 12.3. The van der Waals surface area contributed by atoms with Crippen molar-refractivity contribution in [2.24, 2.45) is 0 Å². The molecule has 2 atom stereocenters. The highest BCUT2D eigenvalue weighted by molar-refractivity contribution is 5.78. The lowest BCUT2D eigenvalue weighted by Crippen LogP contribution is -2.31. The maximum atomic E-state index is 13.2. The van der Waals surface area contributed by atoms with E-state index in [0.717, 1.165) is 18.4 Å². The van der Waals surface area contributed by atoms with Crippen molar-refractivity contribution in [1.82, 2.24) is 5.32 Å². The van der Waals surface area contributed by atoms with Gasteiger partial charge in [0.25, 0.3) is 0 Å². The third kappa shape index (κ3) is 5.57. The van der Waals surface area contributed by atoms with E-state index in [4.69, 9.17) is 9.15 Å². The van der Waals surface area contributed by atoms with Crippen LogP contribution in [0.1, 0.15) is 50.0 Å². The van der Waals surface area contributed by atoms with Crippen LogP contribution in [0.15, 0.2) is 94.3 Å². The van der Waals surface area contributed by atoms with E-state index in [-0.39, 0.29) is 23.0 Å². The number of nitrogens with one attached hydrogen (secondary N) is 1. The van der Waals surface area contributed by atoms with Gasteiger partial charge in [-0.25, -0.2) is 0 Å². The fourth-order valence-electron chi connectivity index (χ4n) is 4.25. The van der Waals surface area contributed by atoms with Crippen LogP contribution in [0.5, 0.6) is 5.75 Å². The molecule has 0 aliphatic heterocycles. The van der Waals surface area contributed by atoms with E-state index < -0.39 is 0 Å². The van der Waals surface area contributed by atoms with Crippen LogP contribution in [-0.2, 0) is 11.8 Å². The average Bonchev–Trinajstić information content (AvgIpc) is 2.84. The Morgan fingerprint density at radius 1 is 0.941 bits per heavy atom. The number of hydrogen-bond donors (Lipinski definition) is 1. The van der Waals surface area contributed by atoms with Gasteiger partial charge in [-0.15, -0.1) is 0 Å². The van der Waals surface area contributed by atoms with E-state index in [1.165, 1.54) is 5.56 Å². The van der Waals surface area contributed by atoms with E-state index in [2.05, 4.69) is 41.7 Å². The molecule has 1 aromatic heterocycles. The summed E-state index contributed by atoms with van der Waals surface area (Å²) in [5.74, 6) is 0.661. The normalized spacial score (nSPS) is 13.5. The van der Waals surface area contributed by atoms with Crippen LogP contribution in [0.2, 0.25) is 0 Å². The van der Waals surface area contributed by atoms with Crippen LogP contribution < -0.4 is 15.5 Å². The fraction of sp³-hybridized carbons (Fsp3) is 0.300. The second kappa shape index (κ2) is 10.3. The van der Waals surface area contributed by atoms with Crippen LogP contribution in [0, 0.1) is 0 Å². The summed E-state index contributed by atoms with van der Waals surface area (Å²) in [6.07, 6.45) is 3.10. The lowest BCUT2D eigenvalue weighted by atomic mass is 9.87. The van der Waals surface area contributed by atoms with Gasteiger partial charge in [0, 0.05) is 18.0 Å². The van der Waals surface area contributed by atoms with Crippen molar-refractivity contribution < 1.29 is 9.15 Å². The predicted octanol–water partition coefficient (Wildman–Crippen LogP) is 6.43. The summed E-state index contributed by atoms with van der Waals surface area (Å²) in [4.78, 5) is 13.2. The summed E-state index contributed by atoms with van der Waals surface area (Å²) in [5.41, 5.74) is 3.31. The molecule has 4 nitrogen and oxygen atoms in total. The van der Waals surface area contributed by atoms with Gasteiger partial charge in [0.2, 0.25) is 0 Å². The Kier molecular flexibility index (Phi) is 7.18. The zero-order chi connectivity index (χ0) is 24.1. The minimum Gasteiger partial charge on any atom is -0.486 e. The largest absolute Gasteiger partial charge is 0.486 e. The number of hydrogen-bond acceptors (Lipinski definition) is 4. The van der Waals surface area contributed by atoms with Crippen molar-refractivity contribution in [2.75, 3.05) is 7.05 Å². The molecule has 0 bridgehead atoms. The maximum Gasteiger partial charge on any atom is 0.196 e. The average molecular weight is 456 g/mol. The SMILES string of the molecule is CNC(Cc1ccccc1)CC(Oc1ccc2occ(C(C)(C)C)c(=O)c2c1)c1ccccc1. The molecule has 2 unspecified atom stereocenters. The van der Waals surface area contributed by atoms with Gasteiger partial charge < -0.3 is 14.5 Å². The van der Waals surface area contributed by atoms with E-state index in [0.29, 0.717) is 22.3 Å². The molecule has 0 spiro atoms. The molecule has 0 amide bonds. The molecular weight excluding hydrogens is 422 g/mol. The van der Waals surface area contributed by atoms with E-state index in [9.17, 15) is 4.79 Å². The molecule has 0 aliphatic carbocycles. The first-order valence-electron chi connectivity index (χ1n) is 11.8. The summed E-state index contributed by atoms with van der Waals surface area (Å²) in [6.45, 7) is 6.05. The third-order valence-electron chi connectivity index (χ3n) is 6.23. The van der Waals surface area contributed by atoms with Gasteiger partial charge in [-0.05, 0) is 48.2 Å². The van der Waals surface area contributed by atoms with Crippen molar-refractivity contribution >= 4 is 11.0 Å². The van der Waals surface area contributed by atoms with Gasteiger partial charge >= 0.3 is 0 Å².